The summed E-state index contributed by atoms with van der Waals surface area (Å²) in [5, 5.41) is 9.25. The number of nitrogens with zero attached hydrogens (tertiary/aromatic N) is 2. The number of unbranched alkanes of at least 4 members (excludes halogenated alkanes) is 3. The summed E-state index contributed by atoms with van der Waals surface area (Å²) in [4.78, 5) is 15.9. The fourth-order valence-electron chi connectivity index (χ4n) is 3.01. The first-order chi connectivity index (χ1) is 12.7. The highest BCUT2D eigenvalue weighted by Crippen LogP contribution is 2.26. The van der Waals surface area contributed by atoms with E-state index >= 15 is 0 Å². The maximum absolute atomic E-state index is 11.3. The molecule has 136 valence electrons. The van der Waals surface area contributed by atoms with E-state index in [1.165, 1.54) is 19.3 Å². The lowest BCUT2D eigenvalue weighted by atomic mass is 10.2. The number of carboxylic acid groups (broad SMARTS) is 1. The van der Waals surface area contributed by atoms with E-state index in [4.69, 9.17) is 4.74 Å². The van der Waals surface area contributed by atoms with Crippen molar-refractivity contribution in [3.05, 3.63) is 48.5 Å². The summed E-state index contributed by atoms with van der Waals surface area (Å²) >= 11 is 0. The Hall–Kier alpha value is -2.82. The average molecular weight is 352 g/mol. The van der Waals surface area contributed by atoms with Gasteiger partial charge in [0.25, 0.3) is 0 Å². The monoisotopic (exact) mass is 352 g/mol. The van der Waals surface area contributed by atoms with Crippen molar-refractivity contribution in [2.24, 2.45) is 0 Å². The molecule has 3 rings (SSSR count). The van der Waals surface area contributed by atoms with Crippen molar-refractivity contribution in [3.8, 4) is 17.1 Å². The predicted molar refractivity (Wildman–Crippen MR) is 102 cm³/mol. The van der Waals surface area contributed by atoms with Gasteiger partial charge in [0, 0.05) is 5.56 Å². The standard InChI is InChI=1S/C21H24N2O3/c1-2-3-4-7-14-26-17-12-10-16(11-13-17)21-22-18-8-5-6-9-19(18)23(21)15-20(24)25/h5-6,8-13H,2-4,7,14-15H2,1H3,(H,24,25). The van der Waals surface area contributed by atoms with Gasteiger partial charge in [0.15, 0.2) is 0 Å². The fourth-order valence-corrected chi connectivity index (χ4v) is 3.01. The zero-order valence-corrected chi connectivity index (χ0v) is 15.0. The molecule has 0 radical (unpaired) electrons. The smallest absolute Gasteiger partial charge is 0.323 e. The number of aliphatic carboxylic acids is 1. The van der Waals surface area contributed by atoms with Crippen LogP contribution in [-0.4, -0.2) is 27.2 Å². The van der Waals surface area contributed by atoms with Crippen LogP contribution in [0.2, 0.25) is 0 Å². The molecular formula is C21H24N2O3. The van der Waals surface area contributed by atoms with Crippen molar-refractivity contribution in [2.45, 2.75) is 39.2 Å². The minimum atomic E-state index is -0.888. The number of aromatic nitrogens is 2. The summed E-state index contributed by atoms with van der Waals surface area (Å²) in [5.74, 6) is 0.593. The fraction of sp³-hybridized carbons (Fsp3) is 0.333. The topological polar surface area (TPSA) is 64.4 Å². The van der Waals surface area contributed by atoms with Gasteiger partial charge in [-0.05, 0) is 42.8 Å². The highest BCUT2D eigenvalue weighted by Gasteiger charge is 2.14. The van der Waals surface area contributed by atoms with E-state index in [1.807, 2.05) is 48.5 Å². The van der Waals surface area contributed by atoms with Crippen LogP contribution in [0, 0.1) is 0 Å². The number of carboxylic acids is 1. The molecule has 0 unspecified atom stereocenters. The number of hydrogen-bond donors (Lipinski definition) is 1. The highest BCUT2D eigenvalue weighted by molar-refractivity contribution is 5.82. The van der Waals surface area contributed by atoms with Crippen LogP contribution in [0.4, 0.5) is 0 Å². The molecule has 0 atom stereocenters. The highest BCUT2D eigenvalue weighted by atomic mass is 16.5. The van der Waals surface area contributed by atoms with Gasteiger partial charge >= 0.3 is 5.97 Å². The summed E-state index contributed by atoms with van der Waals surface area (Å²) in [6.45, 7) is 2.79. The minimum absolute atomic E-state index is 0.120. The number of imidazole rings is 1. The molecule has 1 heterocycles. The second-order valence-electron chi connectivity index (χ2n) is 6.34. The predicted octanol–water partition coefficient (Wildman–Crippen LogP) is 4.75. The number of carbonyl (C=O) groups is 1. The van der Waals surface area contributed by atoms with E-state index in [-0.39, 0.29) is 6.54 Å². The van der Waals surface area contributed by atoms with Gasteiger partial charge in [-0.2, -0.15) is 0 Å². The molecule has 2 aromatic carbocycles. The molecule has 0 amide bonds. The molecule has 0 fully saturated rings. The molecule has 0 spiro atoms. The van der Waals surface area contributed by atoms with Crippen molar-refractivity contribution >= 4 is 17.0 Å². The minimum Gasteiger partial charge on any atom is -0.494 e. The van der Waals surface area contributed by atoms with Gasteiger partial charge in [-0.3, -0.25) is 4.79 Å². The molecule has 3 aromatic rings. The molecule has 1 aromatic heterocycles. The van der Waals surface area contributed by atoms with Gasteiger partial charge in [-0.25, -0.2) is 4.98 Å². The largest absolute Gasteiger partial charge is 0.494 e. The molecule has 0 aliphatic carbocycles. The molecule has 1 N–H and O–H groups in total. The van der Waals surface area contributed by atoms with Crippen molar-refractivity contribution in [1.29, 1.82) is 0 Å². The van der Waals surface area contributed by atoms with E-state index < -0.39 is 5.97 Å². The number of fused-ring (bicyclic) bond motifs is 1. The van der Waals surface area contributed by atoms with Crippen LogP contribution in [0.3, 0.4) is 0 Å². The molecule has 5 nitrogen and oxygen atoms in total. The molecule has 0 saturated heterocycles. The maximum atomic E-state index is 11.3. The van der Waals surface area contributed by atoms with Crippen LogP contribution in [0.15, 0.2) is 48.5 Å². The van der Waals surface area contributed by atoms with E-state index in [9.17, 15) is 9.90 Å². The third kappa shape index (κ3) is 4.23. The number of para-hydroxylation sites is 2. The Morgan fingerprint density at radius 3 is 2.58 bits per heavy atom. The Bertz CT molecular complexity index is 869. The maximum Gasteiger partial charge on any atom is 0.323 e. The van der Waals surface area contributed by atoms with E-state index in [2.05, 4.69) is 11.9 Å². The van der Waals surface area contributed by atoms with Crippen LogP contribution < -0.4 is 4.74 Å². The number of benzene rings is 2. The molecule has 26 heavy (non-hydrogen) atoms. The molecule has 0 saturated carbocycles. The molecular weight excluding hydrogens is 328 g/mol. The lowest BCUT2D eigenvalue weighted by Gasteiger charge is -2.09. The molecule has 0 bridgehead atoms. The van der Waals surface area contributed by atoms with Crippen LogP contribution >= 0.6 is 0 Å². The van der Waals surface area contributed by atoms with Gasteiger partial charge in [0.05, 0.1) is 17.6 Å². The van der Waals surface area contributed by atoms with Crippen LogP contribution in [0.25, 0.3) is 22.4 Å². The van der Waals surface area contributed by atoms with Gasteiger partial charge in [-0.1, -0.05) is 38.3 Å². The Morgan fingerprint density at radius 1 is 1.08 bits per heavy atom. The lowest BCUT2D eigenvalue weighted by molar-refractivity contribution is -0.137. The van der Waals surface area contributed by atoms with Gasteiger partial charge in [0.1, 0.15) is 18.1 Å². The van der Waals surface area contributed by atoms with Crippen molar-refractivity contribution in [3.63, 3.8) is 0 Å². The zero-order valence-electron chi connectivity index (χ0n) is 15.0. The first-order valence-electron chi connectivity index (χ1n) is 9.09. The van der Waals surface area contributed by atoms with Crippen molar-refractivity contribution in [1.82, 2.24) is 9.55 Å². The average Bonchev–Trinajstić information content (AvgIpc) is 3.00. The third-order valence-corrected chi connectivity index (χ3v) is 4.33. The van der Waals surface area contributed by atoms with Crippen LogP contribution in [-0.2, 0) is 11.3 Å². The van der Waals surface area contributed by atoms with Crippen molar-refractivity contribution < 1.29 is 14.6 Å². The lowest BCUT2D eigenvalue weighted by Crippen LogP contribution is -2.10. The summed E-state index contributed by atoms with van der Waals surface area (Å²) in [6, 6.07) is 15.3. The quantitative estimate of drug-likeness (QED) is 0.565. The first kappa shape index (κ1) is 18.0. The van der Waals surface area contributed by atoms with E-state index in [0.29, 0.717) is 5.82 Å². The van der Waals surface area contributed by atoms with E-state index in [0.717, 1.165) is 35.4 Å². The second-order valence-corrected chi connectivity index (χ2v) is 6.34. The normalized spacial score (nSPS) is 11.0. The van der Waals surface area contributed by atoms with Crippen LogP contribution in [0.5, 0.6) is 5.75 Å². The molecule has 0 aliphatic heterocycles. The SMILES string of the molecule is CCCCCCOc1ccc(-c2nc3ccccc3n2CC(=O)O)cc1. The summed E-state index contributed by atoms with van der Waals surface area (Å²) < 4.78 is 7.51. The van der Waals surface area contributed by atoms with E-state index in [1.54, 1.807) is 4.57 Å². The number of ether oxygens (including phenoxy) is 1. The van der Waals surface area contributed by atoms with Gasteiger partial charge < -0.3 is 14.4 Å². The zero-order chi connectivity index (χ0) is 18.4. The van der Waals surface area contributed by atoms with Gasteiger partial charge in [-0.15, -0.1) is 0 Å². The second kappa shape index (κ2) is 8.52. The van der Waals surface area contributed by atoms with Gasteiger partial charge in [0.2, 0.25) is 0 Å². The Morgan fingerprint density at radius 2 is 1.85 bits per heavy atom. The summed E-state index contributed by atoms with van der Waals surface area (Å²) in [5.41, 5.74) is 2.49. The summed E-state index contributed by atoms with van der Waals surface area (Å²) in [7, 11) is 0. The van der Waals surface area contributed by atoms with Crippen molar-refractivity contribution in [2.75, 3.05) is 6.61 Å². The number of hydrogen-bond acceptors (Lipinski definition) is 3. The Labute approximate surface area is 153 Å². The third-order valence-electron chi connectivity index (χ3n) is 4.33. The summed E-state index contributed by atoms with van der Waals surface area (Å²) in [6.07, 6.45) is 4.70. The van der Waals surface area contributed by atoms with Crippen LogP contribution in [0.1, 0.15) is 32.6 Å². The molecule has 5 heteroatoms. The Kier molecular flexibility index (Phi) is 5.89. The number of rotatable bonds is 9. The Balaban J connectivity index is 1.79. The molecule has 0 aliphatic rings. The first-order valence-corrected chi connectivity index (χ1v) is 9.09.